The van der Waals surface area contributed by atoms with Crippen LogP contribution in [0.1, 0.15) is 0 Å². The second kappa shape index (κ2) is 12.5. The summed E-state index contributed by atoms with van der Waals surface area (Å²) in [5.74, 6) is 1.54. The van der Waals surface area contributed by atoms with Gasteiger partial charge < -0.3 is 13.3 Å². The third-order valence-electron chi connectivity index (χ3n) is 12.5. The predicted molar refractivity (Wildman–Crippen MR) is 250 cm³/mol. The van der Waals surface area contributed by atoms with Gasteiger partial charge in [-0.15, -0.1) is 0 Å². The molecule has 9 aromatic carbocycles. The van der Waals surface area contributed by atoms with Gasteiger partial charge in [0, 0.05) is 59.8 Å². The van der Waals surface area contributed by atoms with Crippen molar-refractivity contribution in [3.8, 4) is 39.9 Å². The van der Waals surface area contributed by atoms with Crippen LogP contribution in [0.3, 0.4) is 0 Å². The van der Waals surface area contributed by atoms with Gasteiger partial charge in [-0.3, -0.25) is 4.57 Å². The molecule has 14 rings (SSSR count). The molecular weight excluding hydrogens is 765 g/mol. The fraction of sp³-hybridized carbons (Fsp3) is 0. The Bertz CT molecular complexity index is 4060. The monoisotopic (exact) mass is 794 g/mol. The summed E-state index contributed by atoms with van der Waals surface area (Å²) in [5, 5.41) is 10.9. The zero-order valence-corrected chi connectivity index (χ0v) is 32.8. The summed E-state index contributed by atoms with van der Waals surface area (Å²) >= 11 is 0. The number of para-hydroxylation sites is 4. The zero-order valence-electron chi connectivity index (χ0n) is 32.8. The highest BCUT2D eigenvalue weighted by Gasteiger charge is 2.24. The highest BCUT2D eigenvalue weighted by molar-refractivity contribution is 6.25. The van der Waals surface area contributed by atoms with Gasteiger partial charge in [0.25, 0.3) is 0 Å². The van der Waals surface area contributed by atoms with Crippen LogP contribution in [0.5, 0.6) is 0 Å². The minimum Gasteiger partial charge on any atom is -0.456 e. The number of benzene rings is 9. The van der Waals surface area contributed by atoms with Gasteiger partial charge in [-0.2, -0.15) is 9.97 Å². The summed E-state index contributed by atoms with van der Waals surface area (Å²) in [5.41, 5.74) is 10.6. The van der Waals surface area contributed by atoms with Crippen LogP contribution in [-0.2, 0) is 0 Å². The maximum absolute atomic E-state index is 6.43. The van der Waals surface area contributed by atoms with Crippen molar-refractivity contribution in [1.82, 2.24) is 19.5 Å². The molecule has 5 heterocycles. The van der Waals surface area contributed by atoms with E-state index in [2.05, 4.69) is 120 Å². The van der Waals surface area contributed by atoms with E-state index in [4.69, 9.17) is 28.2 Å². The molecular formula is C55H30N4O3. The van der Waals surface area contributed by atoms with E-state index in [9.17, 15) is 0 Å². The van der Waals surface area contributed by atoms with Gasteiger partial charge in [-0.1, -0.05) is 127 Å². The molecule has 0 spiro atoms. The van der Waals surface area contributed by atoms with E-state index in [1.54, 1.807) is 0 Å². The van der Waals surface area contributed by atoms with Gasteiger partial charge in [0.1, 0.15) is 33.5 Å². The molecule has 0 unspecified atom stereocenters. The lowest BCUT2D eigenvalue weighted by molar-refractivity contribution is 0.668. The van der Waals surface area contributed by atoms with Gasteiger partial charge in [-0.05, 0) is 70.9 Å². The standard InChI is InChI=1S/C55H30N4O3/c1-2-12-34-31(11-1)25-28-43-50(34)42-18-9-17-40(39-16-10-22-47-51(39)41-15-5-8-21-46(41)60-47)52(42)59(43)55-57-53(32-23-26-37-35-13-3-6-19-44(35)61-48(37)29-32)56-54(58-55)33-24-27-38-36-14-4-7-20-45(36)62-49(38)30-33/h1-30H. The number of nitrogens with zero attached hydrogens (tertiary/aromatic N) is 4. The summed E-state index contributed by atoms with van der Waals surface area (Å²) in [7, 11) is 0. The molecule has 62 heavy (non-hydrogen) atoms. The van der Waals surface area contributed by atoms with Crippen LogP contribution in [0, 0.1) is 0 Å². The number of fused-ring (bicyclic) bond motifs is 14. The first-order valence-corrected chi connectivity index (χ1v) is 20.7. The lowest BCUT2D eigenvalue weighted by Gasteiger charge is -2.13. The lowest BCUT2D eigenvalue weighted by Crippen LogP contribution is -2.07. The van der Waals surface area contributed by atoms with Crippen LogP contribution < -0.4 is 0 Å². The van der Waals surface area contributed by atoms with Crippen molar-refractivity contribution in [2.45, 2.75) is 0 Å². The largest absolute Gasteiger partial charge is 0.456 e. The summed E-state index contributed by atoms with van der Waals surface area (Å²) in [6.45, 7) is 0. The second-order valence-corrected chi connectivity index (χ2v) is 15.9. The number of hydrogen-bond donors (Lipinski definition) is 0. The van der Waals surface area contributed by atoms with Crippen molar-refractivity contribution in [3.63, 3.8) is 0 Å². The van der Waals surface area contributed by atoms with Crippen molar-refractivity contribution in [3.05, 3.63) is 182 Å². The number of furan rings is 3. The Balaban J connectivity index is 1.10. The molecule has 0 radical (unpaired) electrons. The predicted octanol–water partition coefficient (Wildman–Crippen LogP) is 14.8. The highest BCUT2D eigenvalue weighted by Crippen LogP contribution is 2.44. The number of hydrogen-bond acceptors (Lipinski definition) is 6. The van der Waals surface area contributed by atoms with Gasteiger partial charge >= 0.3 is 0 Å². The molecule has 0 aliphatic heterocycles. The molecule has 0 bridgehead atoms. The molecule has 7 heteroatoms. The van der Waals surface area contributed by atoms with E-state index in [1.807, 2.05) is 66.7 Å². The minimum atomic E-state index is 0.492. The lowest BCUT2D eigenvalue weighted by atomic mass is 9.96. The van der Waals surface area contributed by atoms with Crippen molar-refractivity contribution in [1.29, 1.82) is 0 Å². The normalized spacial score (nSPS) is 12.2. The van der Waals surface area contributed by atoms with Crippen molar-refractivity contribution in [2.24, 2.45) is 0 Å². The van der Waals surface area contributed by atoms with Crippen molar-refractivity contribution >= 4 is 98.4 Å². The molecule has 0 amide bonds. The second-order valence-electron chi connectivity index (χ2n) is 15.9. The smallest absolute Gasteiger partial charge is 0.238 e. The van der Waals surface area contributed by atoms with E-state index < -0.39 is 0 Å². The third-order valence-corrected chi connectivity index (χ3v) is 12.5. The van der Waals surface area contributed by atoms with E-state index in [0.29, 0.717) is 17.6 Å². The van der Waals surface area contributed by atoms with Gasteiger partial charge in [-0.25, -0.2) is 4.98 Å². The summed E-state index contributed by atoms with van der Waals surface area (Å²) < 4.78 is 21.4. The Morgan fingerprint density at radius 1 is 0.339 bits per heavy atom. The van der Waals surface area contributed by atoms with E-state index >= 15 is 0 Å². The fourth-order valence-corrected chi connectivity index (χ4v) is 9.71. The molecule has 0 fully saturated rings. The van der Waals surface area contributed by atoms with E-state index in [-0.39, 0.29) is 0 Å². The van der Waals surface area contributed by atoms with Crippen LogP contribution in [0.25, 0.3) is 138 Å². The van der Waals surface area contributed by atoms with Gasteiger partial charge in [0.2, 0.25) is 5.95 Å². The quantitative estimate of drug-likeness (QED) is 0.176. The van der Waals surface area contributed by atoms with Crippen LogP contribution in [0.15, 0.2) is 195 Å². The zero-order chi connectivity index (χ0) is 40.5. The first kappa shape index (κ1) is 33.3. The van der Waals surface area contributed by atoms with Crippen LogP contribution >= 0.6 is 0 Å². The Morgan fingerprint density at radius 2 is 0.855 bits per heavy atom. The molecule has 0 saturated heterocycles. The molecule has 0 aliphatic carbocycles. The average Bonchev–Trinajstić information content (AvgIpc) is 4.09. The maximum atomic E-state index is 6.43. The average molecular weight is 795 g/mol. The molecule has 5 aromatic heterocycles. The number of aromatic nitrogens is 4. The summed E-state index contributed by atoms with van der Waals surface area (Å²) in [4.78, 5) is 16.0. The number of rotatable bonds is 4. The molecule has 0 aliphatic rings. The maximum Gasteiger partial charge on any atom is 0.238 e. The molecule has 0 saturated carbocycles. The first-order valence-electron chi connectivity index (χ1n) is 20.7. The Labute approximate surface area is 351 Å². The van der Waals surface area contributed by atoms with Crippen molar-refractivity contribution in [2.75, 3.05) is 0 Å². The minimum absolute atomic E-state index is 0.492. The molecule has 14 aromatic rings. The van der Waals surface area contributed by atoms with Gasteiger partial charge in [0.15, 0.2) is 11.6 Å². The summed E-state index contributed by atoms with van der Waals surface area (Å²) in [6, 6.07) is 62.7. The Hall–Kier alpha value is -8.55. The van der Waals surface area contributed by atoms with E-state index in [0.717, 1.165) is 121 Å². The van der Waals surface area contributed by atoms with E-state index in [1.165, 1.54) is 0 Å². The Kier molecular flexibility index (Phi) is 6.71. The van der Waals surface area contributed by atoms with Crippen LogP contribution in [-0.4, -0.2) is 19.5 Å². The SMILES string of the molecule is c1ccc2c(c1)ccc1c2c2cccc(-c3cccc4oc5ccccc5c34)c2n1-c1nc(-c2ccc3c(c2)oc2ccccc23)nc(-c2ccc3c(c2)oc2ccccc23)n1. The summed E-state index contributed by atoms with van der Waals surface area (Å²) in [6.07, 6.45) is 0. The third kappa shape index (κ3) is 4.73. The van der Waals surface area contributed by atoms with Crippen molar-refractivity contribution < 1.29 is 13.3 Å². The molecule has 0 atom stereocenters. The first-order chi connectivity index (χ1) is 30.7. The topological polar surface area (TPSA) is 83.0 Å². The molecule has 7 nitrogen and oxygen atoms in total. The fourth-order valence-electron chi connectivity index (χ4n) is 9.71. The van der Waals surface area contributed by atoms with Crippen LogP contribution in [0.2, 0.25) is 0 Å². The van der Waals surface area contributed by atoms with Crippen LogP contribution in [0.4, 0.5) is 0 Å². The van der Waals surface area contributed by atoms with Gasteiger partial charge in [0.05, 0.1) is 11.0 Å². The highest BCUT2D eigenvalue weighted by atomic mass is 16.3. The molecule has 0 N–H and O–H groups in total. The molecule has 288 valence electrons. The Morgan fingerprint density at radius 3 is 1.55 bits per heavy atom.